The molecule has 0 saturated heterocycles. The summed E-state index contributed by atoms with van der Waals surface area (Å²) in [6.45, 7) is 3.13. The SMILES string of the molecule is CN=C(NCCCc1nc(C)cs1)NCc1ccc(C(F)(F)F)cc1.I. The number of guanidine groups is 1. The van der Waals surface area contributed by atoms with E-state index in [0.717, 1.165) is 47.8 Å². The predicted octanol–water partition coefficient (Wildman–Crippen LogP) is 4.39. The van der Waals surface area contributed by atoms with Crippen molar-refractivity contribution >= 4 is 41.3 Å². The van der Waals surface area contributed by atoms with Crippen molar-refractivity contribution in [3.8, 4) is 0 Å². The number of nitrogens with zero attached hydrogens (tertiary/aromatic N) is 2. The molecule has 1 aromatic carbocycles. The molecule has 1 aromatic heterocycles. The second kappa shape index (κ2) is 10.7. The number of aromatic nitrogens is 1. The van der Waals surface area contributed by atoms with Crippen LogP contribution in [-0.4, -0.2) is 24.5 Å². The summed E-state index contributed by atoms with van der Waals surface area (Å²) >= 11 is 1.66. The molecule has 0 bridgehead atoms. The highest BCUT2D eigenvalue weighted by Crippen LogP contribution is 2.29. The van der Waals surface area contributed by atoms with Crippen LogP contribution < -0.4 is 10.6 Å². The Bertz CT molecular complexity index is 699. The second-order valence-corrected chi connectivity index (χ2v) is 6.48. The van der Waals surface area contributed by atoms with Gasteiger partial charge in [-0.2, -0.15) is 13.2 Å². The van der Waals surface area contributed by atoms with E-state index in [1.165, 1.54) is 12.1 Å². The largest absolute Gasteiger partial charge is 0.416 e. The summed E-state index contributed by atoms with van der Waals surface area (Å²) in [4.78, 5) is 8.52. The number of hydrogen-bond donors (Lipinski definition) is 2. The molecule has 26 heavy (non-hydrogen) atoms. The van der Waals surface area contributed by atoms with Crippen LogP contribution in [0, 0.1) is 6.92 Å². The highest BCUT2D eigenvalue weighted by Gasteiger charge is 2.29. The van der Waals surface area contributed by atoms with Crippen molar-refractivity contribution in [3.63, 3.8) is 0 Å². The van der Waals surface area contributed by atoms with Crippen molar-refractivity contribution < 1.29 is 13.2 Å². The molecule has 9 heteroatoms. The fourth-order valence-electron chi connectivity index (χ4n) is 2.18. The predicted molar refractivity (Wildman–Crippen MR) is 110 cm³/mol. The third kappa shape index (κ3) is 7.48. The van der Waals surface area contributed by atoms with Gasteiger partial charge in [-0.1, -0.05) is 12.1 Å². The van der Waals surface area contributed by atoms with Gasteiger partial charge in [-0.05, 0) is 31.0 Å². The molecule has 0 aliphatic heterocycles. The molecule has 4 nitrogen and oxygen atoms in total. The molecule has 0 atom stereocenters. The molecule has 0 aliphatic rings. The molecule has 0 aliphatic carbocycles. The average Bonchev–Trinajstić information content (AvgIpc) is 2.99. The Labute approximate surface area is 172 Å². The number of hydrogen-bond acceptors (Lipinski definition) is 3. The molecule has 2 rings (SSSR count). The van der Waals surface area contributed by atoms with Crippen LogP contribution in [0.2, 0.25) is 0 Å². The van der Waals surface area contributed by atoms with Crippen LogP contribution in [0.5, 0.6) is 0 Å². The second-order valence-electron chi connectivity index (χ2n) is 5.53. The fraction of sp³-hybridized carbons (Fsp3) is 0.412. The zero-order chi connectivity index (χ0) is 18.3. The summed E-state index contributed by atoms with van der Waals surface area (Å²) < 4.78 is 37.6. The van der Waals surface area contributed by atoms with E-state index in [1.54, 1.807) is 18.4 Å². The van der Waals surface area contributed by atoms with Gasteiger partial charge in [0.05, 0.1) is 10.6 Å². The van der Waals surface area contributed by atoms with Gasteiger partial charge >= 0.3 is 6.18 Å². The number of benzene rings is 1. The van der Waals surface area contributed by atoms with Crippen LogP contribution in [-0.2, 0) is 19.1 Å². The number of aliphatic imine (C=N–C) groups is 1. The number of thiazole rings is 1. The molecule has 2 N–H and O–H groups in total. The Morgan fingerprint density at radius 1 is 1.19 bits per heavy atom. The lowest BCUT2D eigenvalue weighted by Crippen LogP contribution is -2.37. The minimum absolute atomic E-state index is 0. The molecular formula is C17H22F3IN4S. The van der Waals surface area contributed by atoms with Crippen LogP contribution in [0.15, 0.2) is 34.6 Å². The number of aryl methyl sites for hydroxylation is 2. The normalized spacial score (nSPS) is 11.8. The molecule has 0 spiro atoms. The molecule has 0 unspecified atom stereocenters. The maximum absolute atomic E-state index is 12.5. The average molecular weight is 498 g/mol. The van der Waals surface area contributed by atoms with Gasteiger partial charge in [0.2, 0.25) is 0 Å². The molecular weight excluding hydrogens is 476 g/mol. The first-order chi connectivity index (χ1) is 11.9. The maximum atomic E-state index is 12.5. The van der Waals surface area contributed by atoms with Crippen LogP contribution in [0.25, 0.3) is 0 Å². The lowest BCUT2D eigenvalue weighted by Gasteiger charge is -2.12. The smallest absolute Gasteiger partial charge is 0.356 e. The highest BCUT2D eigenvalue weighted by atomic mass is 127. The van der Waals surface area contributed by atoms with Crippen LogP contribution in [0.4, 0.5) is 13.2 Å². The van der Waals surface area contributed by atoms with Gasteiger partial charge in [-0.3, -0.25) is 4.99 Å². The number of rotatable bonds is 6. The molecule has 0 radical (unpaired) electrons. The standard InChI is InChI=1S/C17H21F3N4S.HI/c1-12-11-25-15(24-12)4-3-9-22-16(21-2)23-10-13-5-7-14(8-6-13)17(18,19)20;/h5-8,11H,3-4,9-10H2,1-2H3,(H2,21,22,23);1H. The van der Waals surface area contributed by atoms with Gasteiger partial charge in [0.15, 0.2) is 5.96 Å². The van der Waals surface area contributed by atoms with Crippen molar-refractivity contribution in [3.05, 3.63) is 51.5 Å². The van der Waals surface area contributed by atoms with Crippen LogP contribution in [0.1, 0.15) is 28.2 Å². The van der Waals surface area contributed by atoms with E-state index in [-0.39, 0.29) is 24.0 Å². The van der Waals surface area contributed by atoms with E-state index in [0.29, 0.717) is 12.5 Å². The van der Waals surface area contributed by atoms with Crippen molar-refractivity contribution in [1.82, 2.24) is 15.6 Å². The summed E-state index contributed by atoms with van der Waals surface area (Å²) in [5.41, 5.74) is 1.16. The number of alkyl halides is 3. The summed E-state index contributed by atoms with van der Waals surface area (Å²) in [6, 6.07) is 5.11. The third-order valence-electron chi connectivity index (χ3n) is 3.49. The topological polar surface area (TPSA) is 49.3 Å². The third-order valence-corrected chi connectivity index (χ3v) is 4.52. The van der Waals surface area contributed by atoms with E-state index in [1.807, 2.05) is 12.3 Å². The summed E-state index contributed by atoms with van der Waals surface area (Å²) in [5, 5.41) is 9.43. The van der Waals surface area contributed by atoms with E-state index in [9.17, 15) is 13.2 Å². The van der Waals surface area contributed by atoms with Gasteiger partial charge in [0.1, 0.15) is 0 Å². The zero-order valence-electron chi connectivity index (χ0n) is 14.6. The minimum Gasteiger partial charge on any atom is -0.356 e. The summed E-state index contributed by atoms with van der Waals surface area (Å²) in [5.74, 6) is 0.621. The summed E-state index contributed by atoms with van der Waals surface area (Å²) in [6.07, 6.45) is -2.48. The quantitative estimate of drug-likeness (QED) is 0.269. The lowest BCUT2D eigenvalue weighted by atomic mass is 10.1. The first kappa shape index (κ1) is 22.7. The fourth-order valence-corrected chi connectivity index (χ4v) is 3.00. The monoisotopic (exact) mass is 498 g/mol. The Morgan fingerprint density at radius 2 is 1.88 bits per heavy atom. The van der Waals surface area contributed by atoms with Gasteiger partial charge in [-0.15, -0.1) is 35.3 Å². The van der Waals surface area contributed by atoms with Crippen molar-refractivity contribution in [2.75, 3.05) is 13.6 Å². The first-order valence-electron chi connectivity index (χ1n) is 7.90. The maximum Gasteiger partial charge on any atom is 0.416 e. The highest BCUT2D eigenvalue weighted by molar-refractivity contribution is 14.0. The van der Waals surface area contributed by atoms with Gasteiger partial charge in [-0.25, -0.2) is 4.98 Å². The molecule has 1 heterocycles. The van der Waals surface area contributed by atoms with Crippen molar-refractivity contribution in [1.29, 1.82) is 0 Å². The Hall–Kier alpha value is -1.36. The lowest BCUT2D eigenvalue weighted by molar-refractivity contribution is -0.137. The van der Waals surface area contributed by atoms with E-state index < -0.39 is 11.7 Å². The molecule has 2 aromatic rings. The number of nitrogens with one attached hydrogen (secondary N) is 2. The molecule has 0 saturated carbocycles. The molecule has 144 valence electrons. The minimum atomic E-state index is -4.31. The van der Waals surface area contributed by atoms with Gasteiger partial charge in [0, 0.05) is 37.6 Å². The molecule has 0 amide bonds. The van der Waals surface area contributed by atoms with Crippen molar-refractivity contribution in [2.24, 2.45) is 4.99 Å². The van der Waals surface area contributed by atoms with Crippen molar-refractivity contribution in [2.45, 2.75) is 32.5 Å². The van der Waals surface area contributed by atoms with Crippen LogP contribution in [0.3, 0.4) is 0 Å². The first-order valence-corrected chi connectivity index (χ1v) is 8.78. The molecule has 0 fully saturated rings. The van der Waals surface area contributed by atoms with E-state index in [4.69, 9.17) is 0 Å². The number of halogens is 4. The zero-order valence-corrected chi connectivity index (χ0v) is 17.7. The summed E-state index contributed by atoms with van der Waals surface area (Å²) in [7, 11) is 1.66. The van der Waals surface area contributed by atoms with E-state index in [2.05, 4.69) is 20.6 Å². The van der Waals surface area contributed by atoms with Gasteiger partial charge in [0.25, 0.3) is 0 Å². The van der Waals surface area contributed by atoms with E-state index >= 15 is 0 Å². The van der Waals surface area contributed by atoms with Crippen LogP contribution >= 0.6 is 35.3 Å². The van der Waals surface area contributed by atoms with Gasteiger partial charge < -0.3 is 10.6 Å². The Balaban J connectivity index is 0.00000338. The Morgan fingerprint density at radius 3 is 2.42 bits per heavy atom. The Kier molecular flexibility index (Phi) is 9.34.